The Morgan fingerprint density at radius 1 is 1.57 bits per heavy atom. The molecule has 0 bridgehead atoms. The zero-order valence-electron chi connectivity index (χ0n) is 9.04. The summed E-state index contributed by atoms with van der Waals surface area (Å²) in [6.45, 7) is 5.65. The number of hydrogen-bond donors (Lipinski definition) is 2. The second kappa shape index (κ2) is 4.28. The molecule has 0 spiro atoms. The molecule has 1 saturated carbocycles. The number of amides is 1. The third-order valence-electron chi connectivity index (χ3n) is 2.39. The summed E-state index contributed by atoms with van der Waals surface area (Å²) in [5, 5.41) is 12.2. The first-order chi connectivity index (χ1) is 6.43. The number of aliphatic hydroxyl groups is 1. The SMILES string of the molecule is CCOC1CC(NC(=O)C(C)(C)O)C1. The van der Waals surface area contributed by atoms with Crippen molar-refractivity contribution in [3.05, 3.63) is 0 Å². The molecule has 1 aliphatic carbocycles. The van der Waals surface area contributed by atoms with Crippen LogP contribution in [0.4, 0.5) is 0 Å². The molecule has 0 radical (unpaired) electrons. The number of rotatable bonds is 4. The van der Waals surface area contributed by atoms with Crippen molar-refractivity contribution in [3.8, 4) is 0 Å². The molecule has 0 aromatic carbocycles. The Balaban J connectivity index is 2.20. The Kier molecular flexibility index (Phi) is 3.50. The van der Waals surface area contributed by atoms with E-state index in [9.17, 15) is 9.90 Å². The van der Waals surface area contributed by atoms with Crippen molar-refractivity contribution in [2.24, 2.45) is 0 Å². The average Bonchev–Trinajstić information content (AvgIpc) is 1.98. The van der Waals surface area contributed by atoms with E-state index in [0.29, 0.717) is 0 Å². The maximum absolute atomic E-state index is 11.3. The highest BCUT2D eigenvalue weighted by Crippen LogP contribution is 2.23. The van der Waals surface area contributed by atoms with E-state index in [1.807, 2.05) is 6.92 Å². The molecule has 1 aliphatic rings. The van der Waals surface area contributed by atoms with Gasteiger partial charge in [0.1, 0.15) is 5.60 Å². The molecule has 0 aromatic heterocycles. The van der Waals surface area contributed by atoms with Crippen LogP contribution in [0.5, 0.6) is 0 Å². The summed E-state index contributed by atoms with van der Waals surface area (Å²) in [6, 6.07) is 0.172. The van der Waals surface area contributed by atoms with Crippen LogP contribution in [0.3, 0.4) is 0 Å². The zero-order valence-corrected chi connectivity index (χ0v) is 9.04. The topological polar surface area (TPSA) is 58.6 Å². The minimum absolute atomic E-state index is 0.172. The molecule has 1 amide bonds. The van der Waals surface area contributed by atoms with E-state index in [4.69, 9.17) is 4.74 Å². The fourth-order valence-corrected chi connectivity index (χ4v) is 1.42. The van der Waals surface area contributed by atoms with Crippen LogP contribution < -0.4 is 5.32 Å². The van der Waals surface area contributed by atoms with Crippen molar-refractivity contribution in [3.63, 3.8) is 0 Å². The van der Waals surface area contributed by atoms with Gasteiger partial charge < -0.3 is 15.2 Å². The highest BCUT2D eigenvalue weighted by atomic mass is 16.5. The van der Waals surface area contributed by atoms with Gasteiger partial charge in [0.25, 0.3) is 5.91 Å². The van der Waals surface area contributed by atoms with Crippen LogP contribution in [0.1, 0.15) is 33.6 Å². The standard InChI is InChI=1S/C10H19NO3/c1-4-14-8-5-7(6-8)11-9(12)10(2,3)13/h7-8,13H,4-6H2,1-3H3,(H,11,12). The molecule has 0 saturated heterocycles. The molecule has 82 valence electrons. The van der Waals surface area contributed by atoms with Crippen LogP contribution in [0.25, 0.3) is 0 Å². The van der Waals surface area contributed by atoms with Crippen LogP contribution in [0, 0.1) is 0 Å². The van der Waals surface area contributed by atoms with E-state index in [0.717, 1.165) is 19.4 Å². The third kappa shape index (κ3) is 2.96. The van der Waals surface area contributed by atoms with Gasteiger partial charge in [-0.25, -0.2) is 0 Å². The van der Waals surface area contributed by atoms with Gasteiger partial charge in [0.2, 0.25) is 0 Å². The number of carbonyl (C=O) groups is 1. The van der Waals surface area contributed by atoms with Crippen molar-refractivity contribution >= 4 is 5.91 Å². The molecule has 1 fully saturated rings. The molecule has 0 aliphatic heterocycles. The maximum atomic E-state index is 11.3. The largest absolute Gasteiger partial charge is 0.381 e. The highest BCUT2D eigenvalue weighted by Gasteiger charge is 2.34. The van der Waals surface area contributed by atoms with E-state index in [1.165, 1.54) is 13.8 Å². The normalized spacial score (nSPS) is 26.9. The predicted octanol–water partition coefficient (Wildman–Crippen LogP) is 0.441. The molecular formula is C10H19NO3. The van der Waals surface area contributed by atoms with E-state index >= 15 is 0 Å². The molecule has 0 aromatic rings. The van der Waals surface area contributed by atoms with Gasteiger partial charge in [0.15, 0.2) is 0 Å². The van der Waals surface area contributed by atoms with Crippen molar-refractivity contribution < 1.29 is 14.6 Å². The summed E-state index contributed by atoms with van der Waals surface area (Å²) in [5.74, 6) is -0.308. The smallest absolute Gasteiger partial charge is 0.251 e. The van der Waals surface area contributed by atoms with Crippen LogP contribution in [-0.2, 0) is 9.53 Å². The molecule has 4 heteroatoms. The van der Waals surface area contributed by atoms with Gasteiger partial charge in [-0.3, -0.25) is 4.79 Å². The fourth-order valence-electron chi connectivity index (χ4n) is 1.42. The fraction of sp³-hybridized carbons (Fsp3) is 0.900. The summed E-state index contributed by atoms with van der Waals surface area (Å²) in [4.78, 5) is 11.3. The van der Waals surface area contributed by atoms with Gasteiger partial charge in [0, 0.05) is 12.6 Å². The first-order valence-corrected chi connectivity index (χ1v) is 5.08. The van der Waals surface area contributed by atoms with Crippen LogP contribution >= 0.6 is 0 Å². The lowest BCUT2D eigenvalue weighted by molar-refractivity contribution is -0.139. The van der Waals surface area contributed by atoms with Gasteiger partial charge >= 0.3 is 0 Å². The summed E-state index contributed by atoms with van der Waals surface area (Å²) in [7, 11) is 0. The summed E-state index contributed by atoms with van der Waals surface area (Å²) < 4.78 is 5.36. The predicted molar refractivity (Wildman–Crippen MR) is 52.9 cm³/mol. The Morgan fingerprint density at radius 2 is 2.14 bits per heavy atom. The monoisotopic (exact) mass is 201 g/mol. The average molecular weight is 201 g/mol. The van der Waals surface area contributed by atoms with Crippen molar-refractivity contribution in [2.45, 2.75) is 51.4 Å². The molecule has 1 rings (SSSR count). The van der Waals surface area contributed by atoms with Crippen molar-refractivity contribution in [1.29, 1.82) is 0 Å². The van der Waals surface area contributed by atoms with Gasteiger partial charge in [-0.2, -0.15) is 0 Å². The number of hydrogen-bond acceptors (Lipinski definition) is 3. The second-order valence-corrected chi connectivity index (χ2v) is 4.28. The lowest BCUT2D eigenvalue weighted by atomic mass is 9.88. The molecule has 2 N–H and O–H groups in total. The third-order valence-corrected chi connectivity index (χ3v) is 2.39. The Labute approximate surface area is 84.6 Å². The van der Waals surface area contributed by atoms with Crippen molar-refractivity contribution in [1.82, 2.24) is 5.32 Å². The van der Waals surface area contributed by atoms with Crippen LogP contribution in [0.2, 0.25) is 0 Å². The second-order valence-electron chi connectivity index (χ2n) is 4.28. The van der Waals surface area contributed by atoms with Crippen LogP contribution in [-0.4, -0.2) is 35.4 Å². The number of ether oxygens (including phenoxy) is 1. The summed E-state index contributed by atoms with van der Waals surface area (Å²) in [5.41, 5.74) is -1.28. The minimum Gasteiger partial charge on any atom is -0.381 e. The Morgan fingerprint density at radius 3 is 2.57 bits per heavy atom. The summed E-state index contributed by atoms with van der Waals surface area (Å²) in [6.07, 6.45) is 2.00. The van der Waals surface area contributed by atoms with Crippen molar-refractivity contribution in [2.75, 3.05) is 6.61 Å². The lowest BCUT2D eigenvalue weighted by Crippen LogP contribution is -2.53. The molecular weight excluding hydrogens is 182 g/mol. The minimum atomic E-state index is -1.28. The number of carbonyl (C=O) groups excluding carboxylic acids is 1. The molecule has 0 unspecified atom stereocenters. The van der Waals surface area contributed by atoms with Crippen LogP contribution in [0.15, 0.2) is 0 Å². The van der Waals surface area contributed by atoms with E-state index < -0.39 is 5.60 Å². The Bertz CT molecular complexity index is 204. The Hall–Kier alpha value is -0.610. The molecule has 14 heavy (non-hydrogen) atoms. The molecule has 4 nitrogen and oxygen atoms in total. The quantitative estimate of drug-likeness (QED) is 0.694. The van der Waals surface area contributed by atoms with Gasteiger partial charge in [-0.15, -0.1) is 0 Å². The van der Waals surface area contributed by atoms with Gasteiger partial charge in [-0.05, 0) is 33.6 Å². The first kappa shape index (κ1) is 11.5. The van der Waals surface area contributed by atoms with E-state index in [1.54, 1.807) is 0 Å². The van der Waals surface area contributed by atoms with E-state index in [2.05, 4.69) is 5.32 Å². The molecule has 0 heterocycles. The lowest BCUT2D eigenvalue weighted by Gasteiger charge is -2.36. The zero-order chi connectivity index (χ0) is 10.8. The highest BCUT2D eigenvalue weighted by molar-refractivity contribution is 5.84. The molecule has 0 atom stereocenters. The van der Waals surface area contributed by atoms with Gasteiger partial charge in [0.05, 0.1) is 6.10 Å². The van der Waals surface area contributed by atoms with Gasteiger partial charge in [-0.1, -0.05) is 0 Å². The number of nitrogens with one attached hydrogen (secondary N) is 1. The summed E-state index contributed by atoms with van der Waals surface area (Å²) >= 11 is 0. The van der Waals surface area contributed by atoms with E-state index in [-0.39, 0.29) is 18.1 Å². The first-order valence-electron chi connectivity index (χ1n) is 5.08. The maximum Gasteiger partial charge on any atom is 0.251 e.